The topological polar surface area (TPSA) is 0 Å². The largest absolute Gasteiger partial charge is 0.0925 e. The number of hydrogen-bond donors (Lipinski definition) is 0. The number of hydrogen-bond acceptors (Lipinski definition) is 0. The molecule has 0 heterocycles. The van der Waals surface area contributed by atoms with Crippen LogP contribution >= 0.6 is 15.9 Å². The molecular weight excluding hydrogens is 128 g/mol. The van der Waals surface area contributed by atoms with Gasteiger partial charge in [0, 0.05) is 6.68 Å². The molecule has 0 bridgehead atoms. The highest BCUT2D eigenvalue weighted by Gasteiger charge is 1.81. The van der Waals surface area contributed by atoms with Gasteiger partial charge in [0.2, 0.25) is 0 Å². The van der Waals surface area contributed by atoms with E-state index in [2.05, 4.69) is 15.9 Å². The maximum Gasteiger partial charge on any atom is 0.0389 e. The van der Waals surface area contributed by atoms with Crippen LogP contribution in [0.5, 0.6) is 0 Å². The Bertz CT molecular complexity index is 28.5. The third kappa shape index (κ3) is 4.48. The van der Waals surface area contributed by atoms with Gasteiger partial charge < -0.3 is 0 Å². The lowest BCUT2D eigenvalue weighted by atomic mass is 10.3. The molecule has 1 heteroatoms. The van der Waals surface area contributed by atoms with Crippen LogP contribution in [0.25, 0.3) is 0 Å². The number of rotatable bonds is 1. The van der Waals surface area contributed by atoms with Crippen LogP contribution in [0.2, 0.25) is 0 Å². The first kappa shape index (κ1) is 3.66. The Balaban J connectivity index is 2.99. The molecular formula is C4H9Br. The minimum absolute atomic E-state index is 0.0856. The Labute approximate surface area is 43.1 Å². The predicted molar refractivity (Wildman–Crippen MR) is 28.6 cm³/mol. The summed E-state index contributed by atoms with van der Waals surface area (Å²) in [4.78, 5) is 0. The lowest BCUT2D eigenvalue weighted by molar-refractivity contribution is 0.756. The average molecular weight is 138 g/mol. The van der Waals surface area contributed by atoms with E-state index in [1.807, 2.05) is 13.8 Å². The summed E-state index contributed by atoms with van der Waals surface area (Å²) in [5.41, 5.74) is 0. The zero-order valence-electron chi connectivity index (χ0n) is 4.53. The van der Waals surface area contributed by atoms with Crippen LogP contribution in [0, 0.1) is 5.92 Å². The van der Waals surface area contributed by atoms with Crippen LogP contribution in [0.15, 0.2) is 0 Å². The van der Waals surface area contributed by atoms with Crippen LogP contribution in [0.1, 0.15) is 15.2 Å². The summed E-state index contributed by atoms with van der Waals surface area (Å²) in [5.74, 6) is 0.435. The number of alkyl halides is 1. The van der Waals surface area contributed by atoms with Gasteiger partial charge in [-0.2, -0.15) is 0 Å². The molecule has 5 heavy (non-hydrogen) atoms. The molecule has 0 spiro atoms. The molecule has 0 aromatic rings. The monoisotopic (exact) mass is 137 g/mol. The zero-order valence-corrected chi connectivity index (χ0v) is 5.12. The fraction of sp³-hybridized carbons (Fsp3) is 1.00. The van der Waals surface area contributed by atoms with E-state index >= 15 is 0 Å². The van der Waals surface area contributed by atoms with Crippen molar-refractivity contribution < 1.29 is 1.37 Å². The second-order valence-corrected chi connectivity index (χ2v) is 1.90. The summed E-state index contributed by atoms with van der Waals surface area (Å²) in [6, 6.07) is 0. The van der Waals surface area contributed by atoms with Crippen LogP contribution in [-0.4, -0.2) is 5.31 Å². The first-order chi connectivity index (χ1) is 2.64. The molecule has 0 nitrogen and oxygen atoms in total. The molecule has 1 unspecified atom stereocenters. The van der Waals surface area contributed by atoms with E-state index in [9.17, 15) is 0 Å². The molecule has 0 saturated carbocycles. The van der Waals surface area contributed by atoms with E-state index in [4.69, 9.17) is 1.37 Å². The van der Waals surface area contributed by atoms with Crippen LogP contribution in [0.3, 0.4) is 0 Å². The van der Waals surface area contributed by atoms with Crippen molar-refractivity contribution in [3.63, 3.8) is 0 Å². The minimum Gasteiger partial charge on any atom is -0.0925 e. The van der Waals surface area contributed by atoms with E-state index in [1.54, 1.807) is 0 Å². The third-order valence-electron chi connectivity index (χ3n) is 0.252. The fourth-order valence-electron chi connectivity index (χ4n) is 0. The molecule has 0 aromatic carbocycles. The van der Waals surface area contributed by atoms with Crippen molar-refractivity contribution >= 4 is 15.9 Å². The highest BCUT2D eigenvalue weighted by molar-refractivity contribution is 9.09. The van der Waals surface area contributed by atoms with E-state index in [-0.39, 0.29) is 5.31 Å². The molecule has 32 valence electrons. The van der Waals surface area contributed by atoms with Gasteiger partial charge in [0.25, 0.3) is 0 Å². The van der Waals surface area contributed by atoms with Crippen molar-refractivity contribution in [2.24, 2.45) is 5.92 Å². The summed E-state index contributed by atoms with van der Waals surface area (Å²) < 4.78 is 6.95. The van der Waals surface area contributed by atoms with Gasteiger partial charge in [-0.15, -0.1) is 0 Å². The van der Waals surface area contributed by atoms with Crippen molar-refractivity contribution in [1.29, 1.82) is 0 Å². The van der Waals surface area contributed by atoms with Gasteiger partial charge in [-0.05, 0) is 5.92 Å². The summed E-state index contributed by atoms with van der Waals surface area (Å²) in [7, 11) is 0. The van der Waals surface area contributed by atoms with Gasteiger partial charge in [-0.1, -0.05) is 29.8 Å². The van der Waals surface area contributed by atoms with E-state index in [0.717, 1.165) is 0 Å². The molecule has 0 rings (SSSR count). The first-order valence-electron chi connectivity index (χ1n) is 2.28. The summed E-state index contributed by atoms with van der Waals surface area (Å²) in [5, 5.41) is -0.0856. The lowest BCUT2D eigenvalue weighted by Crippen LogP contribution is -1.82. The highest BCUT2D eigenvalue weighted by atomic mass is 79.9. The van der Waals surface area contributed by atoms with Crippen molar-refractivity contribution in [3.8, 4) is 0 Å². The van der Waals surface area contributed by atoms with Gasteiger partial charge >= 0.3 is 0 Å². The molecule has 0 saturated heterocycles. The Morgan fingerprint density at radius 1 is 2.00 bits per heavy atom. The maximum atomic E-state index is 6.95. The SMILES string of the molecule is [2H]C(Br)C(C)C. The molecule has 0 aromatic heterocycles. The Hall–Kier alpha value is 0.480. The summed E-state index contributed by atoms with van der Waals surface area (Å²) in [6.07, 6.45) is 0. The Kier molecular flexibility index (Phi) is 1.98. The Morgan fingerprint density at radius 3 is 2.20 bits per heavy atom. The van der Waals surface area contributed by atoms with Crippen LogP contribution in [-0.2, 0) is 0 Å². The van der Waals surface area contributed by atoms with Gasteiger partial charge in [-0.25, -0.2) is 0 Å². The molecule has 0 aliphatic heterocycles. The highest BCUT2D eigenvalue weighted by Crippen LogP contribution is 1.94. The van der Waals surface area contributed by atoms with Crippen molar-refractivity contribution in [1.82, 2.24) is 0 Å². The normalized spacial score (nSPS) is 18.8. The third-order valence-corrected chi connectivity index (χ3v) is 1.31. The van der Waals surface area contributed by atoms with E-state index in [0.29, 0.717) is 5.92 Å². The van der Waals surface area contributed by atoms with Gasteiger partial charge in [0.05, 0.1) is 0 Å². The van der Waals surface area contributed by atoms with Crippen LogP contribution in [0.4, 0.5) is 0 Å². The average Bonchev–Trinajstić information content (AvgIpc) is 1.36. The molecule has 0 aliphatic rings. The van der Waals surface area contributed by atoms with E-state index in [1.165, 1.54) is 0 Å². The quantitative estimate of drug-likeness (QED) is 0.486. The second-order valence-electron chi connectivity index (χ2n) is 1.37. The first-order valence-corrected chi connectivity index (χ1v) is 2.62. The van der Waals surface area contributed by atoms with Gasteiger partial charge in [-0.3, -0.25) is 0 Å². The molecule has 0 amide bonds. The standard InChI is InChI=1S/C4H9Br/c1-4(2)3-5/h4H,3H2,1-2H3/i3D. The fourth-order valence-corrected chi connectivity index (χ4v) is 0. The van der Waals surface area contributed by atoms with Crippen molar-refractivity contribution in [2.75, 3.05) is 5.31 Å². The zero-order chi connectivity index (χ0) is 5.15. The lowest BCUT2D eigenvalue weighted by Gasteiger charge is -1.88. The predicted octanol–water partition coefficient (Wildman–Crippen LogP) is 2.04. The smallest absolute Gasteiger partial charge is 0.0389 e. The molecule has 0 radical (unpaired) electrons. The number of halogens is 1. The summed E-state index contributed by atoms with van der Waals surface area (Å²) in [6.45, 7) is 4.01. The minimum atomic E-state index is -0.0856. The molecule has 0 N–H and O–H groups in total. The molecule has 0 fully saturated rings. The van der Waals surface area contributed by atoms with E-state index < -0.39 is 0 Å². The Morgan fingerprint density at radius 2 is 2.20 bits per heavy atom. The molecule has 1 atom stereocenters. The van der Waals surface area contributed by atoms with Gasteiger partial charge in [0.1, 0.15) is 0 Å². The van der Waals surface area contributed by atoms with Gasteiger partial charge in [0.15, 0.2) is 0 Å². The maximum absolute atomic E-state index is 6.95. The van der Waals surface area contributed by atoms with Crippen molar-refractivity contribution in [3.05, 3.63) is 0 Å². The van der Waals surface area contributed by atoms with Crippen LogP contribution < -0.4 is 0 Å². The summed E-state index contributed by atoms with van der Waals surface area (Å²) >= 11 is 3.11. The molecule has 0 aliphatic carbocycles. The van der Waals surface area contributed by atoms with Crippen molar-refractivity contribution in [2.45, 2.75) is 13.8 Å². The second kappa shape index (κ2) is 2.70.